The molecule has 0 spiro atoms. The van der Waals surface area contributed by atoms with Crippen LogP contribution in [0.5, 0.6) is 0 Å². The van der Waals surface area contributed by atoms with Crippen molar-refractivity contribution < 1.29 is 4.92 Å². The molecular weight excluding hydrogens is 192 g/mol. The summed E-state index contributed by atoms with van der Waals surface area (Å²) < 4.78 is 0. The monoisotopic (exact) mass is 204 g/mol. The molecule has 78 valence electrons. The predicted molar refractivity (Wildman–Crippen MR) is 57.1 cm³/mol. The van der Waals surface area contributed by atoms with Crippen molar-refractivity contribution in [3.63, 3.8) is 0 Å². The molecule has 0 radical (unpaired) electrons. The van der Waals surface area contributed by atoms with Crippen LogP contribution in [0, 0.1) is 16.0 Å². The molecule has 4 heteroatoms. The molecule has 0 saturated heterocycles. The Labute approximate surface area is 87.4 Å². The number of anilines is 1. The Hall–Kier alpha value is -1.58. The molecule has 0 unspecified atom stereocenters. The zero-order valence-corrected chi connectivity index (χ0v) is 8.27. The minimum atomic E-state index is -0.336. The lowest BCUT2D eigenvalue weighted by molar-refractivity contribution is -0.384. The average molecular weight is 204 g/mol. The van der Waals surface area contributed by atoms with E-state index in [1.807, 2.05) is 6.07 Å². The second-order valence-electron chi connectivity index (χ2n) is 4.44. The van der Waals surface area contributed by atoms with Crippen LogP contribution in [-0.4, -0.2) is 11.5 Å². The molecule has 1 aliphatic carbocycles. The summed E-state index contributed by atoms with van der Waals surface area (Å²) in [4.78, 5) is 10.3. The molecule has 4 nitrogen and oxygen atoms in total. The second kappa shape index (κ2) is 2.95. The van der Waals surface area contributed by atoms with Crippen molar-refractivity contribution in [2.24, 2.45) is 5.92 Å². The van der Waals surface area contributed by atoms with Crippen molar-refractivity contribution in [1.29, 1.82) is 0 Å². The first-order chi connectivity index (χ1) is 7.24. The van der Waals surface area contributed by atoms with Gasteiger partial charge in [0.1, 0.15) is 0 Å². The highest BCUT2D eigenvalue weighted by molar-refractivity contribution is 5.60. The lowest BCUT2D eigenvalue weighted by Crippen LogP contribution is -2.23. The van der Waals surface area contributed by atoms with Crippen LogP contribution in [0.3, 0.4) is 0 Å². The van der Waals surface area contributed by atoms with Gasteiger partial charge in [0.15, 0.2) is 0 Å². The molecule has 1 saturated carbocycles. The number of nitrogens with one attached hydrogen (secondary N) is 1. The van der Waals surface area contributed by atoms with Gasteiger partial charge in [-0.05, 0) is 36.3 Å². The van der Waals surface area contributed by atoms with Crippen molar-refractivity contribution in [3.05, 3.63) is 33.9 Å². The Kier molecular flexibility index (Phi) is 1.71. The van der Waals surface area contributed by atoms with Crippen LogP contribution in [0.2, 0.25) is 0 Å². The van der Waals surface area contributed by atoms with Crippen molar-refractivity contribution in [2.75, 3.05) is 11.9 Å². The summed E-state index contributed by atoms with van der Waals surface area (Å²) in [5, 5.41) is 13.9. The van der Waals surface area contributed by atoms with Gasteiger partial charge in [-0.15, -0.1) is 0 Å². The van der Waals surface area contributed by atoms with Gasteiger partial charge in [0, 0.05) is 24.4 Å². The summed E-state index contributed by atoms with van der Waals surface area (Å²) in [6.45, 7) is 0.963. The lowest BCUT2D eigenvalue weighted by Gasteiger charge is -2.32. The molecule has 1 aromatic carbocycles. The molecular formula is C11H12N2O2. The maximum atomic E-state index is 10.6. The van der Waals surface area contributed by atoms with E-state index in [9.17, 15) is 10.1 Å². The smallest absolute Gasteiger partial charge is 0.271 e. The summed E-state index contributed by atoms with van der Waals surface area (Å²) in [6.07, 6.45) is 2.47. The fourth-order valence-electron chi connectivity index (χ4n) is 2.58. The fraction of sp³-hybridized carbons (Fsp3) is 0.455. The van der Waals surface area contributed by atoms with E-state index in [1.165, 1.54) is 18.4 Å². The Morgan fingerprint density at radius 2 is 2.20 bits per heavy atom. The fourth-order valence-corrected chi connectivity index (χ4v) is 2.58. The third-order valence-corrected chi connectivity index (χ3v) is 3.50. The van der Waals surface area contributed by atoms with Crippen LogP contribution in [0.4, 0.5) is 11.4 Å². The summed E-state index contributed by atoms with van der Waals surface area (Å²) in [7, 11) is 0. The van der Waals surface area contributed by atoms with Crippen molar-refractivity contribution >= 4 is 11.4 Å². The van der Waals surface area contributed by atoms with Crippen LogP contribution in [-0.2, 0) is 0 Å². The van der Waals surface area contributed by atoms with Crippen LogP contribution in [0.25, 0.3) is 0 Å². The van der Waals surface area contributed by atoms with Crippen LogP contribution in [0.15, 0.2) is 18.2 Å². The molecule has 15 heavy (non-hydrogen) atoms. The zero-order valence-electron chi connectivity index (χ0n) is 8.27. The third kappa shape index (κ3) is 1.28. The highest BCUT2D eigenvalue weighted by Crippen LogP contribution is 2.47. The number of nitro benzene ring substituents is 1. The van der Waals surface area contributed by atoms with Gasteiger partial charge in [-0.25, -0.2) is 0 Å². The summed E-state index contributed by atoms with van der Waals surface area (Å²) >= 11 is 0. The maximum absolute atomic E-state index is 10.6. The first-order valence-corrected chi connectivity index (χ1v) is 5.26. The minimum Gasteiger partial charge on any atom is -0.384 e. The molecule has 3 aliphatic rings. The Balaban J connectivity index is 2.04. The van der Waals surface area contributed by atoms with E-state index in [1.54, 1.807) is 12.1 Å². The van der Waals surface area contributed by atoms with E-state index >= 15 is 0 Å². The van der Waals surface area contributed by atoms with Gasteiger partial charge in [-0.2, -0.15) is 0 Å². The topological polar surface area (TPSA) is 55.2 Å². The lowest BCUT2D eigenvalue weighted by atomic mass is 9.72. The molecule has 0 amide bonds. The maximum Gasteiger partial charge on any atom is 0.271 e. The van der Waals surface area contributed by atoms with Gasteiger partial charge in [0.2, 0.25) is 0 Å². The van der Waals surface area contributed by atoms with E-state index in [0.717, 1.165) is 18.2 Å². The van der Waals surface area contributed by atoms with Gasteiger partial charge in [0.05, 0.1) is 4.92 Å². The highest BCUT2D eigenvalue weighted by Gasteiger charge is 2.34. The van der Waals surface area contributed by atoms with E-state index < -0.39 is 0 Å². The number of rotatable bonds is 1. The van der Waals surface area contributed by atoms with Crippen LogP contribution in [0.1, 0.15) is 24.3 Å². The molecule has 0 aromatic heterocycles. The van der Waals surface area contributed by atoms with E-state index in [4.69, 9.17) is 0 Å². The third-order valence-electron chi connectivity index (χ3n) is 3.50. The van der Waals surface area contributed by atoms with Gasteiger partial charge in [-0.1, -0.05) is 0 Å². The van der Waals surface area contributed by atoms with Crippen molar-refractivity contribution in [3.8, 4) is 0 Å². The summed E-state index contributed by atoms with van der Waals surface area (Å²) in [6, 6.07) is 5.18. The first-order valence-electron chi connectivity index (χ1n) is 5.26. The van der Waals surface area contributed by atoms with Gasteiger partial charge < -0.3 is 5.32 Å². The SMILES string of the molecule is O=[N+]([O-])c1ccc2c(c1)NCC1CC2C1. The zero-order chi connectivity index (χ0) is 10.4. The minimum absolute atomic E-state index is 0.181. The molecule has 1 fully saturated rings. The number of fused-ring (bicyclic) bond motifs is 1. The number of hydrogen-bond acceptors (Lipinski definition) is 3. The number of benzene rings is 1. The van der Waals surface area contributed by atoms with Crippen LogP contribution < -0.4 is 5.32 Å². The van der Waals surface area contributed by atoms with Gasteiger partial charge in [-0.3, -0.25) is 10.1 Å². The Bertz CT molecular complexity index is 425. The number of non-ortho nitro benzene ring substituents is 1. The number of nitrogens with zero attached hydrogens (tertiary/aromatic N) is 1. The molecule has 4 rings (SSSR count). The second-order valence-corrected chi connectivity index (χ2v) is 4.44. The Morgan fingerprint density at radius 1 is 1.40 bits per heavy atom. The molecule has 2 aliphatic heterocycles. The summed E-state index contributed by atoms with van der Waals surface area (Å²) in [5.41, 5.74) is 2.41. The number of nitro groups is 1. The normalized spacial score (nSPS) is 26.9. The van der Waals surface area contributed by atoms with Crippen molar-refractivity contribution in [1.82, 2.24) is 0 Å². The predicted octanol–water partition coefficient (Wildman–Crippen LogP) is 2.51. The van der Waals surface area contributed by atoms with Crippen LogP contribution >= 0.6 is 0 Å². The average Bonchev–Trinajstić information content (AvgIpc) is 2.43. The quantitative estimate of drug-likeness (QED) is 0.564. The van der Waals surface area contributed by atoms with E-state index in [0.29, 0.717) is 5.92 Å². The molecule has 1 aromatic rings. The molecule has 2 heterocycles. The van der Waals surface area contributed by atoms with Gasteiger partial charge in [0.25, 0.3) is 5.69 Å². The largest absolute Gasteiger partial charge is 0.384 e. The molecule has 2 bridgehead atoms. The van der Waals surface area contributed by atoms with E-state index in [2.05, 4.69) is 5.32 Å². The Morgan fingerprint density at radius 3 is 2.93 bits per heavy atom. The molecule has 1 N–H and O–H groups in total. The first kappa shape index (κ1) is 8.71. The van der Waals surface area contributed by atoms with Gasteiger partial charge >= 0.3 is 0 Å². The van der Waals surface area contributed by atoms with E-state index in [-0.39, 0.29) is 10.6 Å². The molecule has 0 atom stereocenters. The highest BCUT2D eigenvalue weighted by atomic mass is 16.6. The summed E-state index contributed by atoms with van der Waals surface area (Å²) in [5.74, 6) is 1.39. The van der Waals surface area contributed by atoms with Crippen molar-refractivity contribution in [2.45, 2.75) is 18.8 Å². The number of hydrogen-bond donors (Lipinski definition) is 1. The standard InChI is InChI=1S/C11H12N2O2/c14-13(15)9-1-2-10-8-3-7(4-8)6-12-11(10)5-9/h1-2,5,7-8,12H,3-4,6H2.